The third-order valence-electron chi connectivity index (χ3n) is 5.16. The molecule has 8 nitrogen and oxygen atoms in total. The van der Waals surface area contributed by atoms with Gasteiger partial charge in [0.05, 0.1) is 12.2 Å². The lowest BCUT2D eigenvalue weighted by Gasteiger charge is -2.39. The zero-order valence-electron chi connectivity index (χ0n) is 14.6. The first-order chi connectivity index (χ1) is 11.3. The minimum atomic E-state index is -3.74. The van der Waals surface area contributed by atoms with E-state index < -0.39 is 16.1 Å². The van der Waals surface area contributed by atoms with Crippen LogP contribution in [-0.4, -0.2) is 61.2 Å². The summed E-state index contributed by atoms with van der Waals surface area (Å²) in [6.45, 7) is 5.06. The van der Waals surface area contributed by atoms with E-state index in [4.69, 9.17) is 0 Å². The molecule has 1 amide bonds. The average molecular weight is 392 g/mol. The van der Waals surface area contributed by atoms with Gasteiger partial charge in [0.15, 0.2) is 0 Å². The van der Waals surface area contributed by atoms with Gasteiger partial charge in [0.1, 0.15) is 4.90 Å². The first kappa shape index (κ1) is 20.2. The predicted octanol–water partition coefficient (Wildman–Crippen LogP) is 0.111. The number of hydrogen-bond donors (Lipinski definition) is 2. The van der Waals surface area contributed by atoms with Crippen LogP contribution in [0.15, 0.2) is 17.3 Å². The van der Waals surface area contributed by atoms with E-state index in [0.29, 0.717) is 18.5 Å². The van der Waals surface area contributed by atoms with Crippen LogP contribution in [0.3, 0.4) is 0 Å². The Kier molecular flexibility index (Phi) is 6.13. The molecule has 2 N–H and O–H groups in total. The number of piperidine rings is 1. The standard InChI is InChI=1S/C15H25N5O3S.ClH/c1-12(18-24(22,23)13-9-17-19(2)10-13)14(21)20-7-4-15(5-8-20)3-6-16-11-15;/h9-10,12,16,18H,3-8,11H2,1-2H3;1H. The molecule has 10 heteroatoms. The number of sulfonamides is 1. The van der Waals surface area contributed by atoms with Gasteiger partial charge in [-0.1, -0.05) is 0 Å². The van der Waals surface area contributed by atoms with E-state index in [1.807, 2.05) is 0 Å². The maximum Gasteiger partial charge on any atom is 0.244 e. The van der Waals surface area contributed by atoms with Crippen molar-refractivity contribution in [1.29, 1.82) is 0 Å². The second-order valence-electron chi connectivity index (χ2n) is 6.94. The highest BCUT2D eigenvalue weighted by Crippen LogP contribution is 2.36. The van der Waals surface area contributed by atoms with E-state index in [2.05, 4.69) is 15.1 Å². The van der Waals surface area contributed by atoms with E-state index in [9.17, 15) is 13.2 Å². The molecule has 0 aliphatic carbocycles. The molecular formula is C15H26ClN5O3S. The van der Waals surface area contributed by atoms with Crippen LogP contribution in [-0.2, 0) is 21.9 Å². The van der Waals surface area contributed by atoms with Gasteiger partial charge in [0.2, 0.25) is 15.9 Å². The van der Waals surface area contributed by atoms with Gasteiger partial charge in [-0.25, -0.2) is 8.42 Å². The Bertz CT molecular complexity index is 705. The summed E-state index contributed by atoms with van der Waals surface area (Å²) in [4.78, 5) is 14.4. The zero-order chi connectivity index (χ0) is 17.4. The average Bonchev–Trinajstić information content (AvgIpc) is 3.17. The first-order valence-electron chi connectivity index (χ1n) is 8.32. The highest BCUT2D eigenvalue weighted by atomic mass is 35.5. The van der Waals surface area contributed by atoms with Gasteiger partial charge >= 0.3 is 0 Å². The zero-order valence-corrected chi connectivity index (χ0v) is 16.2. The molecular weight excluding hydrogens is 366 g/mol. The van der Waals surface area contributed by atoms with Gasteiger partial charge in [-0.05, 0) is 38.1 Å². The van der Waals surface area contributed by atoms with Crippen molar-refractivity contribution in [2.45, 2.75) is 37.1 Å². The van der Waals surface area contributed by atoms with Crippen molar-refractivity contribution in [3.05, 3.63) is 12.4 Å². The number of aromatic nitrogens is 2. The molecule has 25 heavy (non-hydrogen) atoms. The Balaban J connectivity index is 0.00000225. The largest absolute Gasteiger partial charge is 0.341 e. The molecule has 2 fully saturated rings. The molecule has 0 saturated carbocycles. The van der Waals surface area contributed by atoms with Crippen molar-refractivity contribution in [3.63, 3.8) is 0 Å². The molecule has 3 heterocycles. The minimum absolute atomic E-state index is 0. The molecule has 1 atom stereocenters. The van der Waals surface area contributed by atoms with Crippen molar-refractivity contribution in [1.82, 2.24) is 24.7 Å². The van der Waals surface area contributed by atoms with Crippen LogP contribution < -0.4 is 10.0 Å². The van der Waals surface area contributed by atoms with E-state index >= 15 is 0 Å². The predicted molar refractivity (Wildman–Crippen MR) is 96.0 cm³/mol. The lowest BCUT2D eigenvalue weighted by atomic mass is 9.78. The number of likely N-dealkylation sites (tertiary alicyclic amines) is 1. The molecule has 3 rings (SSSR count). The molecule has 1 unspecified atom stereocenters. The number of rotatable bonds is 4. The van der Waals surface area contributed by atoms with Crippen molar-refractivity contribution < 1.29 is 13.2 Å². The van der Waals surface area contributed by atoms with Crippen molar-refractivity contribution >= 4 is 28.3 Å². The SMILES string of the molecule is CC(NS(=O)(=O)c1cnn(C)c1)C(=O)N1CCC2(CCNC2)CC1.Cl. The fourth-order valence-electron chi connectivity index (χ4n) is 3.59. The van der Waals surface area contributed by atoms with Gasteiger partial charge in [0.25, 0.3) is 0 Å². The third kappa shape index (κ3) is 4.33. The quantitative estimate of drug-likeness (QED) is 0.759. The molecule has 142 valence electrons. The molecule has 0 bridgehead atoms. The van der Waals surface area contributed by atoms with Crippen LogP contribution in [0.4, 0.5) is 0 Å². The van der Waals surface area contributed by atoms with Gasteiger partial charge in [0, 0.05) is 32.9 Å². The number of nitrogens with one attached hydrogen (secondary N) is 2. The number of nitrogens with zero attached hydrogens (tertiary/aromatic N) is 3. The van der Waals surface area contributed by atoms with Crippen LogP contribution in [0.25, 0.3) is 0 Å². The van der Waals surface area contributed by atoms with Gasteiger partial charge in [-0.3, -0.25) is 9.48 Å². The number of carbonyl (C=O) groups excluding carboxylic acids is 1. The number of hydrogen-bond acceptors (Lipinski definition) is 5. The monoisotopic (exact) mass is 391 g/mol. The van der Waals surface area contributed by atoms with Crippen molar-refractivity contribution in [2.75, 3.05) is 26.2 Å². The summed E-state index contributed by atoms with van der Waals surface area (Å²) < 4.78 is 28.5. The third-order valence-corrected chi connectivity index (χ3v) is 6.66. The molecule has 1 spiro atoms. The smallest absolute Gasteiger partial charge is 0.244 e. The summed E-state index contributed by atoms with van der Waals surface area (Å²) in [5.41, 5.74) is 0.329. The lowest BCUT2D eigenvalue weighted by Crippen LogP contribution is -2.51. The van der Waals surface area contributed by atoms with Crippen LogP contribution >= 0.6 is 12.4 Å². The normalized spacial score (nSPS) is 21.1. The Morgan fingerprint density at radius 1 is 1.36 bits per heavy atom. The first-order valence-corrected chi connectivity index (χ1v) is 9.80. The molecule has 0 aromatic carbocycles. The summed E-state index contributed by atoms with van der Waals surface area (Å²) in [6, 6.07) is -0.786. The Morgan fingerprint density at radius 2 is 2.04 bits per heavy atom. The Labute approximate surface area is 154 Å². The second-order valence-corrected chi connectivity index (χ2v) is 8.66. The highest BCUT2D eigenvalue weighted by Gasteiger charge is 2.39. The molecule has 2 aliphatic heterocycles. The number of amides is 1. The summed E-state index contributed by atoms with van der Waals surface area (Å²) in [7, 11) is -2.09. The van der Waals surface area contributed by atoms with E-state index in [1.165, 1.54) is 17.1 Å². The molecule has 2 saturated heterocycles. The van der Waals surface area contributed by atoms with E-state index in [1.54, 1.807) is 18.9 Å². The highest BCUT2D eigenvalue weighted by molar-refractivity contribution is 7.89. The van der Waals surface area contributed by atoms with Crippen LogP contribution in [0.2, 0.25) is 0 Å². The Morgan fingerprint density at radius 3 is 2.56 bits per heavy atom. The van der Waals surface area contributed by atoms with Crippen molar-refractivity contribution in [2.24, 2.45) is 12.5 Å². The lowest BCUT2D eigenvalue weighted by molar-refractivity contribution is -0.134. The fourth-order valence-corrected chi connectivity index (χ4v) is 4.77. The summed E-state index contributed by atoms with van der Waals surface area (Å²) in [5.74, 6) is -0.164. The summed E-state index contributed by atoms with van der Waals surface area (Å²) >= 11 is 0. The van der Waals surface area contributed by atoms with Crippen LogP contribution in [0, 0.1) is 5.41 Å². The number of halogens is 1. The number of carbonyl (C=O) groups is 1. The topological polar surface area (TPSA) is 96.3 Å². The maximum atomic E-state index is 12.6. The van der Waals surface area contributed by atoms with Crippen molar-refractivity contribution in [3.8, 4) is 0 Å². The second kappa shape index (κ2) is 7.61. The fraction of sp³-hybridized carbons (Fsp3) is 0.733. The molecule has 2 aliphatic rings. The maximum absolute atomic E-state index is 12.6. The molecule has 0 radical (unpaired) electrons. The molecule has 1 aromatic rings. The number of aryl methyl sites for hydroxylation is 1. The Hall–Kier alpha value is -1.16. The summed E-state index contributed by atoms with van der Waals surface area (Å²) in [6.07, 6.45) is 5.81. The van der Waals surface area contributed by atoms with Crippen LogP contribution in [0.5, 0.6) is 0 Å². The van der Waals surface area contributed by atoms with E-state index in [0.717, 1.165) is 32.4 Å². The van der Waals surface area contributed by atoms with E-state index in [-0.39, 0.29) is 23.2 Å². The molecule has 1 aromatic heterocycles. The summed E-state index contributed by atoms with van der Waals surface area (Å²) in [5, 5.41) is 7.26. The van der Waals surface area contributed by atoms with Gasteiger partial charge in [-0.2, -0.15) is 9.82 Å². The van der Waals surface area contributed by atoms with Gasteiger partial charge in [-0.15, -0.1) is 12.4 Å². The minimum Gasteiger partial charge on any atom is -0.341 e. The van der Waals surface area contributed by atoms with Crippen LogP contribution in [0.1, 0.15) is 26.2 Å². The van der Waals surface area contributed by atoms with Gasteiger partial charge < -0.3 is 10.2 Å².